The second-order valence-electron chi connectivity index (χ2n) is 5.64. The summed E-state index contributed by atoms with van der Waals surface area (Å²) in [4.78, 5) is 12.2. The van der Waals surface area contributed by atoms with Crippen LogP contribution in [0.1, 0.15) is 23.0 Å². The van der Waals surface area contributed by atoms with Crippen LogP contribution < -0.4 is 16.0 Å². The molecule has 2 rings (SSSR count). The van der Waals surface area contributed by atoms with Gasteiger partial charge in [0.1, 0.15) is 0 Å². The summed E-state index contributed by atoms with van der Waals surface area (Å²) in [5, 5.41) is 17.3. The van der Waals surface area contributed by atoms with E-state index >= 15 is 0 Å². The van der Waals surface area contributed by atoms with E-state index in [1.807, 2.05) is 38.2 Å². The van der Waals surface area contributed by atoms with Gasteiger partial charge in [-0.2, -0.15) is 5.10 Å². The minimum Gasteiger partial charge on any atom is -0.352 e. The van der Waals surface area contributed by atoms with E-state index in [0.29, 0.717) is 23.8 Å². The van der Waals surface area contributed by atoms with Gasteiger partial charge in [0.25, 0.3) is 5.91 Å². The standard InChI is InChI=1S/C17H23N5O/c1-12(10-18-3)11-19-17(23)14-5-4-6-15(9-14)20-16-8-7-13(2)21-22-16/h4-9,12,18H,10-11H2,1-3H3,(H,19,23)(H,20,22). The number of amides is 1. The number of carbonyl (C=O) groups excluding carboxylic acids is 1. The van der Waals surface area contributed by atoms with Crippen LogP contribution in [0.25, 0.3) is 0 Å². The van der Waals surface area contributed by atoms with Gasteiger partial charge in [-0.1, -0.05) is 13.0 Å². The van der Waals surface area contributed by atoms with E-state index in [1.54, 1.807) is 12.1 Å². The summed E-state index contributed by atoms with van der Waals surface area (Å²) in [6, 6.07) is 11.1. The molecule has 0 saturated carbocycles. The lowest BCUT2D eigenvalue weighted by atomic mass is 10.1. The monoisotopic (exact) mass is 313 g/mol. The molecule has 1 aromatic carbocycles. The molecule has 3 N–H and O–H groups in total. The zero-order valence-electron chi connectivity index (χ0n) is 13.8. The molecule has 1 atom stereocenters. The Kier molecular flexibility index (Phi) is 6.05. The van der Waals surface area contributed by atoms with Crippen molar-refractivity contribution in [1.82, 2.24) is 20.8 Å². The number of aromatic nitrogens is 2. The van der Waals surface area contributed by atoms with Gasteiger partial charge in [0, 0.05) is 17.8 Å². The Balaban J connectivity index is 1.98. The lowest BCUT2D eigenvalue weighted by Gasteiger charge is -2.12. The van der Waals surface area contributed by atoms with Gasteiger partial charge in [0.15, 0.2) is 5.82 Å². The number of nitrogens with zero attached hydrogens (tertiary/aromatic N) is 2. The number of hydrogen-bond acceptors (Lipinski definition) is 5. The smallest absolute Gasteiger partial charge is 0.251 e. The molecule has 122 valence electrons. The second kappa shape index (κ2) is 8.24. The predicted octanol–water partition coefficient (Wildman–Crippen LogP) is 2.11. The van der Waals surface area contributed by atoms with Gasteiger partial charge in [-0.15, -0.1) is 5.10 Å². The molecule has 6 heteroatoms. The summed E-state index contributed by atoms with van der Waals surface area (Å²) in [5.74, 6) is 0.954. The third kappa shape index (κ3) is 5.34. The Hall–Kier alpha value is -2.47. The first kappa shape index (κ1) is 16.9. The molecule has 0 spiro atoms. The van der Waals surface area contributed by atoms with Gasteiger partial charge < -0.3 is 16.0 Å². The Morgan fingerprint density at radius 3 is 2.70 bits per heavy atom. The fourth-order valence-electron chi connectivity index (χ4n) is 2.14. The highest BCUT2D eigenvalue weighted by Crippen LogP contribution is 2.15. The molecule has 0 radical (unpaired) electrons. The number of rotatable bonds is 7. The van der Waals surface area contributed by atoms with E-state index in [-0.39, 0.29) is 5.91 Å². The van der Waals surface area contributed by atoms with Crippen molar-refractivity contribution in [2.24, 2.45) is 5.92 Å². The lowest BCUT2D eigenvalue weighted by molar-refractivity contribution is 0.0948. The Bertz CT molecular complexity index is 642. The molecule has 1 unspecified atom stereocenters. The van der Waals surface area contributed by atoms with Gasteiger partial charge in [0.2, 0.25) is 0 Å². The van der Waals surface area contributed by atoms with Gasteiger partial charge in [-0.3, -0.25) is 4.79 Å². The first-order chi connectivity index (χ1) is 11.1. The topological polar surface area (TPSA) is 78.9 Å². The molecule has 6 nitrogen and oxygen atoms in total. The van der Waals surface area contributed by atoms with Gasteiger partial charge >= 0.3 is 0 Å². The van der Waals surface area contributed by atoms with Gasteiger partial charge in [0.05, 0.1) is 5.69 Å². The van der Waals surface area contributed by atoms with Crippen molar-refractivity contribution in [3.63, 3.8) is 0 Å². The first-order valence-corrected chi connectivity index (χ1v) is 7.68. The number of carbonyl (C=O) groups is 1. The molecular weight excluding hydrogens is 290 g/mol. The van der Waals surface area contributed by atoms with Crippen LogP contribution in [0.15, 0.2) is 36.4 Å². The van der Waals surface area contributed by atoms with Crippen molar-refractivity contribution in [2.75, 3.05) is 25.5 Å². The predicted molar refractivity (Wildman–Crippen MR) is 91.9 cm³/mol. The van der Waals surface area contributed by atoms with E-state index in [0.717, 1.165) is 17.9 Å². The highest BCUT2D eigenvalue weighted by atomic mass is 16.1. The van der Waals surface area contributed by atoms with Crippen molar-refractivity contribution < 1.29 is 4.79 Å². The molecule has 0 bridgehead atoms. The second-order valence-corrected chi connectivity index (χ2v) is 5.64. The van der Waals surface area contributed by atoms with Crippen molar-refractivity contribution >= 4 is 17.4 Å². The highest BCUT2D eigenvalue weighted by molar-refractivity contribution is 5.95. The maximum atomic E-state index is 12.2. The Morgan fingerprint density at radius 1 is 1.17 bits per heavy atom. The average Bonchev–Trinajstić information content (AvgIpc) is 2.55. The molecular formula is C17H23N5O. The van der Waals surface area contributed by atoms with Crippen LogP contribution in [-0.4, -0.2) is 36.2 Å². The summed E-state index contributed by atoms with van der Waals surface area (Å²) in [6.07, 6.45) is 0. The summed E-state index contributed by atoms with van der Waals surface area (Å²) in [6.45, 7) is 5.48. The molecule has 1 aromatic heterocycles. The van der Waals surface area contributed by atoms with E-state index in [9.17, 15) is 4.79 Å². The number of hydrogen-bond donors (Lipinski definition) is 3. The SMILES string of the molecule is CNCC(C)CNC(=O)c1cccc(Nc2ccc(C)nn2)c1. The molecule has 2 aromatic rings. The van der Waals surface area contributed by atoms with Crippen LogP contribution >= 0.6 is 0 Å². The van der Waals surface area contributed by atoms with E-state index in [4.69, 9.17) is 0 Å². The average molecular weight is 313 g/mol. The fraction of sp³-hybridized carbons (Fsp3) is 0.353. The molecule has 0 aliphatic rings. The highest BCUT2D eigenvalue weighted by Gasteiger charge is 2.08. The van der Waals surface area contributed by atoms with Crippen LogP contribution in [-0.2, 0) is 0 Å². The van der Waals surface area contributed by atoms with Gasteiger partial charge in [-0.25, -0.2) is 0 Å². The van der Waals surface area contributed by atoms with E-state index in [1.165, 1.54) is 0 Å². The number of benzene rings is 1. The minimum absolute atomic E-state index is 0.0772. The van der Waals surface area contributed by atoms with Crippen LogP contribution in [0.5, 0.6) is 0 Å². The van der Waals surface area contributed by atoms with Crippen molar-refractivity contribution in [2.45, 2.75) is 13.8 Å². The third-order valence-corrected chi connectivity index (χ3v) is 3.36. The van der Waals surface area contributed by atoms with Crippen LogP contribution in [0.2, 0.25) is 0 Å². The fourth-order valence-corrected chi connectivity index (χ4v) is 2.14. The maximum absolute atomic E-state index is 12.2. The summed E-state index contributed by atoms with van der Waals surface area (Å²) < 4.78 is 0. The molecule has 0 aliphatic carbocycles. The first-order valence-electron chi connectivity index (χ1n) is 7.68. The molecule has 0 saturated heterocycles. The number of nitrogens with one attached hydrogen (secondary N) is 3. The summed E-state index contributed by atoms with van der Waals surface area (Å²) in [5.41, 5.74) is 2.28. The molecule has 0 fully saturated rings. The maximum Gasteiger partial charge on any atom is 0.251 e. The van der Waals surface area contributed by atoms with Crippen LogP contribution in [0.3, 0.4) is 0 Å². The largest absolute Gasteiger partial charge is 0.352 e. The minimum atomic E-state index is -0.0772. The number of anilines is 2. The van der Waals surface area contributed by atoms with Crippen molar-refractivity contribution in [1.29, 1.82) is 0 Å². The summed E-state index contributed by atoms with van der Waals surface area (Å²) in [7, 11) is 1.90. The van der Waals surface area contributed by atoms with E-state index < -0.39 is 0 Å². The Morgan fingerprint density at radius 2 is 2.00 bits per heavy atom. The molecule has 23 heavy (non-hydrogen) atoms. The van der Waals surface area contributed by atoms with Crippen LogP contribution in [0.4, 0.5) is 11.5 Å². The van der Waals surface area contributed by atoms with Crippen molar-refractivity contribution in [3.8, 4) is 0 Å². The third-order valence-electron chi connectivity index (χ3n) is 3.36. The summed E-state index contributed by atoms with van der Waals surface area (Å²) >= 11 is 0. The molecule has 1 heterocycles. The molecule has 0 aliphatic heterocycles. The lowest BCUT2D eigenvalue weighted by Crippen LogP contribution is -2.32. The van der Waals surface area contributed by atoms with Crippen molar-refractivity contribution in [3.05, 3.63) is 47.7 Å². The van der Waals surface area contributed by atoms with Crippen LogP contribution in [0, 0.1) is 12.8 Å². The van der Waals surface area contributed by atoms with Gasteiger partial charge in [-0.05, 0) is 56.8 Å². The quantitative estimate of drug-likeness (QED) is 0.729. The normalized spacial score (nSPS) is 11.8. The van der Waals surface area contributed by atoms with E-state index in [2.05, 4.69) is 33.1 Å². The number of aryl methyl sites for hydroxylation is 1. The zero-order valence-corrected chi connectivity index (χ0v) is 13.8. The zero-order chi connectivity index (χ0) is 16.7. The molecule has 1 amide bonds. The Labute approximate surface area is 136 Å².